The lowest BCUT2D eigenvalue weighted by Gasteiger charge is -2.23. The van der Waals surface area contributed by atoms with Gasteiger partial charge in [-0.15, -0.1) is 0 Å². The highest BCUT2D eigenvalue weighted by Gasteiger charge is 2.21. The fourth-order valence-electron chi connectivity index (χ4n) is 2.62. The molecule has 0 amide bonds. The quantitative estimate of drug-likeness (QED) is 0.853. The monoisotopic (exact) mass is 246 g/mol. The van der Waals surface area contributed by atoms with Gasteiger partial charge in [0, 0.05) is 17.6 Å². The molecular weight excluding hydrogens is 228 g/mol. The summed E-state index contributed by atoms with van der Waals surface area (Å²) >= 11 is 0. The molecule has 1 aromatic carbocycles. The SMILES string of the molecule is COc1cccc2c(C)c(C3COCCN3)[nH]c12. The van der Waals surface area contributed by atoms with Crippen molar-refractivity contribution in [2.45, 2.75) is 13.0 Å². The fourth-order valence-corrected chi connectivity index (χ4v) is 2.62. The van der Waals surface area contributed by atoms with Gasteiger partial charge in [-0.05, 0) is 18.6 Å². The molecule has 3 rings (SSSR count). The first-order valence-corrected chi connectivity index (χ1v) is 6.27. The summed E-state index contributed by atoms with van der Waals surface area (Å²) in [5.74, 6) is 0.888. The number of fused-ring (bicyclic) bond motifs is 1. The molecule has 0 bridgehead atoms. The normalized spacial score (nSPS) is 20.2. The molecule has 1 saturated heterocycles. The zero-order chi connectivity index (χ0) is 12.5. The Morgan fingerprint density at radius 3 is 3.00 bits per heavy atom. The van der Waals surface area contributed by atoms with E-state index in [0.29, 0.717) is 0 Å². The van der Waals surface area contributed by atoms with Gasteiger partial charge >= 0.3 is 0 Å². The molecule has 1 unspecified atom stereocenters. The first-order valence-electron chi connectivity index (χ1n) is 6.27. The maximum absolute atomic E-state index is 5.53. The average molecular weight is 246 g/mol. The number of para-hydroxylation sites is 1. The standard InChI is InChI=1S/C14H18N2O2/c1-9-10-4-3-5-12(17-2)14(10)16-13(9)11-8-18-7-6-15-11/h3-5,11,15-16H,6-8H2,1-2H3. The Kier molecular flexibility index (Phi) is 2.97. The predicted molar refractivity (Wildman–Crippen MR) is 71.2 cm³/mol. The number of hydrogen-bond donors (Lipinski definition) is 2. The van der Waals surface area contributed by atoms with Crippen molar-refractivity contribution in [1.82, 2.24) is 10.3 Å². The van der Waals surface area contributed by atoms with E-state index in [0.717, 1.165) is 31.0 Å². The maximum atomic E-state index is 5.53. The number of methoxy groups -OCH3 is 1. The molecule has 4 heteroatoms. The minimum atomic E-state index is 0.246. The second-order valence-corrected chi connectivity index (χ2v) is 4.63. The van der Waals surface area contributed by atoms with Crippen LogP contribution in [0, 0.1) is 6.92 Å². The van der Waals surface area contributed by atoms with Crippen LogP contribution < -0.4 is 10.1 Å². The first-order chi connectivity index (χ1) is 8.81. The van der Waals surface area contributed by atoms with Crippen molar-refractivity contribution in [3.8, 4) is 5.75 Å². The third-order valence-corrected chi connectivity index (χ3v) is 3.58. The van der Waals surface area contributed by atoms with Crippen molar-refractivity contribution >= 4 is 10.9 Å². The lowest BCUT2D eigenvalue weighted by molar-refractivity contribution is 0.0756. The van der Waals surface area contributed by atoms with E-state index < -0.39 is 0 Å². The summed E-state index contributed by atoms with van der Waals surface area (Å²) in [5.41, 5.74) is 3.54. The number of benzene rings is 1. The van der Waals surface area contributed by atoms with E-state index in [1.165, 1.54) is 16.6 Å². The molecule has 0 spiro atoms. The van der Waals surface area contributed by atoms with Crippen molar-refractivity contribution in [3.63, 3.8) is 0 Å². The van der Waals surface area contributed by atoms with E-state index in [9.17, 15) is 0 Å². The van der Waals surface area contributed by atoms with Gasteiger partial charge in [-0.3, -0.25) is 0 Å². The Hall–Kier alpha value is -1.52. The van der Waals surface area contributed by atoms with E-state index in [-0.39, 0.29) is 6.04 Å². The van der Waals surface area contributed by atoms with Crippen molar-refractivity contribution < 1.29 is 9.47 Å². The molecule has 2 N–H and O–H groups in total. The highest BCUT2D eigenvalue weighted by molar-refractivity contribution is 5.89. The maximum Gasteiger partial charge on any atom is 0.142 e. The minimum Gasteiger partial charge on any atom is -0.495 e. The van der Waals surface area contributed by atoms with Crippen LogP contribution in [-0.4, -0.2) is 31.9 Å². The Morgan fingerprint density at radius 1 is 1.39 bits per heavy atom. The molecule has 0 radical (unpaired) electrons. The van der Waals surface area contributed by atoms with Crippen LogP contribution in [0.15, 0.2) is 18.2 Å². The van der Waals surface area contributed by atoms with E-state index in [1.807, 2.05) is 12.1 Å². The number of nitrogens with one attached hydrogen (secondary N) is 2. The summed E-state index contributed by atoms with van der Waals surface area (Å²) < 4.78 is 10.9. The van der Waals surface area contributed by atoms with Gasteiger partial charge in [-0.25, -0.2) is 0 Å². The molecule has 4 nitrogen and oxygen atoms in total. The van der Waals surface area contributed by atoms with Crippen molar-refractivity contribution in [3.05, 3.63) is 29.5 Å². The molecule has 0 aliphatic carbocycles. The van der Waals surface area contributed by atoms with Crippen LogP contribution in [-0.2, 0) is 4.74 Å². The third-order valence-electron chi connectivity index (χ3n) is 3.58. The smallest absolute Gasteiger partial charge is 0.142 e. The van der Waals surface area contributed by atoms with Gasteiger partial charge in [0.25, 0.3) is 0 Å². The second kappa shape index (κ2) is 4.63. The number of aromatic amines is 1. The lowest BCUT2D eigenvalue weighted by atomic mass is 10.1. The zero-order valence-electron chi connectivity index (χ0n) is 10.7. The number of aryl methyl sites for hydroxylation is 1. The molecule has 1 fully saturated rings. The van der Waals surface area contributed by atoms with Crippen LogP contribution in [0.1, 0.15) is 17.3 Å². The van der Waals surface area contributed by atoms with E-state index in [4.69, 9.17) is 9.47 Å². The van der Waals surface area contributed by atoms with E-state index >= 15 is 0 Å². The van der Waals surface area contributed by atoms with E-state index in [2.05, 4.69) is 23.3 Å². The average Bonchev–Trinajstić information content (AvgIpc) is 2.77. The Bertz CT molecular complexity index is 556. The van der Waals surface area contributed by atoms with Gasteiger partial charge in [0.05, 0.1) is 31.9 Å². The summed E-state index contributed by atoms with van der Waals surface area (Å²) in [4.78, 5) is 3.49. The van der Waals surface area contributed by atoms with Crippen molar-refractivity contribution in [2.75, 3.05) is 26.9 Å². The fraction of sp³-hybridized carbons (Fsp3) is 0.429. The van der Waals surface area contributed by atoms with Gasteiger partial charge in [-0.1, -0.05) is 12.1 Å². The number of ether oxygens (including phenoxy) is 2. The van der Waals surface area contributed by atoms with Gasteiger partial charge in [0.1, 0.15) is 5.75 Å². The molecule has 0 saturated carbocycles. The molecule has 1 aromatic heterocycles. The lowest BCUT2D eigenvalue weighted by Crippen LogP contribution is -2.35. The molecular formula is C14H18N2O2. The van der Waals surface area contributed by atoms with Crippen molar-refractivity contribution in [1.29, 1.82) is 0 Å². The molecule has 2 aromatic rings. The largest absolute Gasteiger partial charge is 0.495 e. The third kappa shape index (κ3) is 1.78. The van der Waals surface area contributed by atoms with Crippen LogP contribution in [0.25, 0.3) is 10.9 Å². The predicted octanol–water partition coefficient (Wildman–Crippen LogP) is 2.15. The number of aromatic nitrogens is 1. The Morgan fingerprint density at radius 2 is 2.28 bits per heavy atom. The van der Waals surface area contributed by atoms with Gasteiger partial charge in [0.15, 0.2) is 0 Å². The second-order valence-electron chi connectivity index (χ2n) is 4.63. The summed E-state index contributed by atoms with van der Waals surface area (Å²) in [6.07, 6.45) is 0. The zero-order valence-corrected chi connectivity index (χ0v) is 10.7. The summed E-state index contributed by atoms with van der Waals surface area (Å²) in [6, 6.07) is 6.37. The molecule has 18 heavy (non-hydrogen) atoms. The van der Waals surface area contributed by atoms with Crippen LogP contribution in [0.2, 0.25) is 0 Å². The Balaban J connectivity index is 2.09. The summed E-state index contributed by atoms with van der Waals surface area (Å²) in [6.45, 7) is 4.55. The number of rotatable bonds is 2. The number of morpholine rings is 1. The highest BCUT2D eigenvalue weighted by Crippen LogP contribution is 2.32. The number of hydrogen-bond acceptors (Lipinski definition) is 3. The molecule has 2 heterocycles. The van der Waals surface area contributed by atoms with Crippen LogP contribution in [0.5, 0.6) is 5.75 Å². The molecule has 1 aliphatic heterocycles. The topological polar surface area (TPSA) is 46.3 Å². The van der Waals surface area contributed by atoms with Gasteiger partial charge < -0.3 is 19.8 Å². The van der Waals surface area contributed by atoms with Crippen LogP contribution >= 0.6 is 0 Å². The van der Waals surface area contributed by atoms with Gasteiger partial charge in [-0.2, -0.15) is 0 Å². The van der Waals surface area contributed by atoms with Crippen molar-refractivity contribution in [2.24, 2.45) is 0 Å². The Labute approximate surface area is 106 Å². The van der Waals surface area contributed by atoms with Crippen LogP contribution in [0.4, 0.5) is 0 Å². The summed E-state index contributed by atoms with van der Waals surface area (Å²) in [7, 11) is 1.70. The van der Waals surface area contributed by atoms with Crippen LogP contribution in [0.3, 0.4) is 0 Å². The molecule has 1 atom stereocenters. The number of H-pyrrole nitrogens is 1. The molecule has 1 aliphatic rings. The first kappa shape index (κ1) is 11.6. The van der Waals surface area contributed by atoms with E-state index in [1.54, 1.807) is 7.11 Å². The summed E-state index contributed by atoms with van der Waals surface area (Å²) in [5, 5.41) is 4.70. The highest BCUT2D eigenvalue weighted by atomic mass is 16.5. The molecule has 96 valence electrons. The van der Waals surface area contributed by atoms with Gasteiger partial charge in [0.2, 0.25) is 0 Å². The minimum absolute atomic E-state index is 0.246.